The Labute approximate surface area is 129 Å². The third-order valence-electron chi connectivity index (χ3n) is 4.30. The number of aliphatic carboxylic acids is 1. The largest absolute Gasteiger partial charge is 0.507 e. The predicted octanol–water partition coefficient (Wildman–Crippen LogP) is 3.84. The van der Waals surface area contributed by atoms with Gasteiger partial charge in [0.15, 0.2) is 0 Å². The van der Waals surface area contributed by atoms with E-state index in [2.05, 4.69) is 19.6 Å². The maximum Gasteiger partial charge on any atom is 0.328 e. The molecule has 4 heteroatoms. The van der Waals surface area contributed by atoms with E-state index >= 15 is 0 Å². The van der Waals surface area contributed by atoms with E-state index in [9.17, 15) is 9.90 Å². The van der Waals surface area contributed by atoms with Gasteiger partial charge in [0, 0.05) is 23.5 Å². The molecular weight excluding hydrogens is 280 g/mol. The molecule has 1 aromatic rings. The second-order valence-electron chi connectivity index (χ2n) is 5.88. The topological polar surface area (TPSA) is 66.8 Å². The summed E-state index contributed by atoms with van der Waals surface area (Å²) < 4.78 is 5.80. The Balaban J connectivity index is 2.08. The van der Waals surface area contributed by atoms with Gasteiger partial charge in [0.2, 0.25) is 0 Å². The quantitative estimate of drug-likeness (QED) is 0.643. The van der Waals surface area contributed by atoms with Gasteiger partial charge in [-0.05, 0) is 43.5 Å². The number of carbonyl (C=O) groups is 1. The minimum Gasteiger partial charge on any atom is -0.507 e. The Morgan fingerprint density at radius 2 is 2.23 bits per heavy atom. The highest BCUT2D eigenvalue weighted by atomic mass is 16.5. The first-order valence-electron chi connectivity index (χ1n) is 7.27. The van der Waals surface area contributed by atoms with Crippen LogP contribution in [0.5, 0.6) is 11.5 Å². The molecule has 0 fully saturated rings. The highest BCUT2D eigenvalue weighted by Crippen LogP contribution is 2.51. The summed E-state index contributed by atoms with van der Waals surface area (Å²) in [6, 6.07) is 3.32. The van der Waals surface area contributed by atoms with Gasteiger partial charge in [-0.1, -0.05) is 18.2 Å². The fraction of sp³-hybridized carbons (Fsp3) is 0.278. The standard InChI is InChI=1S/C18H18O4/c1-10-3-5-13-11(2)22-16-9-12(4-6-17(20)21)8-15(19)18(16)14(13)7-10/h4,6-9,13-14,19H,2-3,5H2,1H3,(H,20,21)/b6-4+/t13-,14+/m0/s1. The third kappa shape index (κ3) is 2.52. The van der Waals surface area contributed by atoms with Crippen LogP contribution in [0.4, 0.5) is 0 Å². The fourth-order valence-electron chi connectivity index (χ4n) is 3.25. The molecule has 1 aliphatic carbocycles. The Kier molecular flexibility index (Phi) is 3.53. The molecule has 0 saturated carbocycles. The average Bonchev–Trinajstić information content (AvgIpc) is 2.44. The molecule has 1 heterocycles. The maximum atomic E-state index is 10.6. The van der Waals surface area contributed by atoms with Crippen LogP contribution >= 0.6 is 0 Å². The lowest BCUT2D eigenvalue weighted by molar-refractivity contribution is -0.131. The summed E-state index contributed by atoms with van der Waals surface area (Å²) in [6.45, 7) is 6.10. The van der Waals surface area contributed by atoms with E-state index in [0.29, 0.717) is 17.1 Å². The van der Waals surface area contributed by atoms with Gasteiger partial charge in [0.1, 0.15) is 17.3 Å². The van der Waals surface area contributed by atoms with Gasteiger partial charge in [-0.2, -0.15) is 0 Å². The molecule has 22 heavy (non-hydrogen) atoms. The highest BCUT2D eigenvalue weighted by Gasteiger charge is 2.36. The molecule has 0 saturated heterocycles. The minimum atomic E-state index is -1.03. The number of phenols is 1. The second-order valence-corrected chi connectivity index (χ2v) is 5.88. The molecule has 114 valence electrons. The number of hydrogen-bond donors (Lipinski definition) is 2. The Hall–Kier alpha value is -2.49. The van der Waals surface area contributed by atoms with Crippen molar-refractivity contribution in [2.75, 3.05) is 0 Å². The molecule has 0 unspecified atom stereocenters. The zero-order valence-electron chi connectivity index (χ0n) is 12.4. The number of benzene rings is 1. The number of phenolic OH excluding ortho intramolecular Hbond substituents is 1. The van der Waals surface area contributed by atoms with Crippen molar-refractivity contribution in [3.63, 3.8) is 0 Å². The lowest BCUT2D eigenvalue weighted by atomic mass is 9.74. The first kappa shape index (κ1) is 14.4. The molecule has 1 aromatic carbocycles. The van der Waals surface area contributed by atoms with Crippen LogP contribution in [0, 0.1) is 5.92 Å². The number of allylic oxidation sites excluding steroid dienone is 3. The monoisotopic (exact) mass is 298 g/mol. The summed E-state index contributed by atoms with van der Waals surface area (Å²) in [5.41, 5.74) is 2.65. The molecule has 0 radical (unpaired) electrons. The van der Waals surface area contributed by atoms with E-state index in [1.165, 1.54) is 11.6 Å². The van der Waals surface area contributed by atoms with E-state index in [4.69, 9.17) is 9.84 Å². The molecule has 0 aromatic heterocycles. The average molecular weight is 298 g/mol. The van der Waals surface area contributed by atoms with Crippen LogP contribution in [-0.2, 0) is 4.79 Å². The van der Waals surface area contributed by atoms with Crippen LogP contribution in [0.15, 0.2) is 42.2 Å². The van der Waals surface area contributed by atoms with Crippen LogP contribution in [0.1, 0.15) is 36.8 Å². The van der Waals surface area contributed by atoms with Gasteiger partial charge < -0.3 is 14.9 Å². The van der Waals surface area contributed by atoms with Gasteiger partial charge in [0.25, 0.3) is 0 Å². The molecule has 4 nitrogen and oxygen atoms in total. The van der Waals surface area contributed by atoms with E-state index in [0.717, 1.165) is 24.5 Å². The summed E-state index contributed by atoms with van der Waals surface area (Å²) in [5.74, 6) is 0.622. The van der Waals surface area contributed by atoms with Crippen molar-refractivity contribution < 1.29 is 19.7 Å². The Morgan fingerprint density at radius 3 is 2.95 bits per heavy atom. The first-order chi connectivity index (χ1) is 10.5. The number of ether oxygens (including phenoxy) is 1. The third-order valence-corrected chi connectivity index (χ3v) is 4.30. The molecule has 2 aliphatic rings. The fourth-order valence-corrected chi connectivity index (χ4v) is 3.25. The SMILES string of the molecule is C=C1Oc2cc(/C=C/C(=O)O)cc(O)c2[C@@H]2C=C(C)CC[C@@H]12. The van der Waals surface area contributed by atoms with E-state index in [1.807, 2.05) is 0 Å². The predicted molar refractivity (Wildman–Crippen MR) is 83.8 cm³/mol. The normalized spacial score (nSPS) is 23.5. The van der Waals surface area contributed by atoms with Crippen molar-refractivity contribution in [1.29, 1.82) is 0 Å². The molecule has 2 atom stereocenters. The van der Waals surface area contributed by atoms with Crippen molar-refractivity contribution in [3.05, 3.63) is 53.3 Å². The van der Waals surface area contributed by atoms with Gasteiger partial charge in [-0.25, -0.2) is 4.79 Å². The van der Waals surface area contributed by atoms with Crippen molar-refractivity contribution >= 4 is 12.0 Å². The summed E-state index contributed by atoms with van der Waals surface area (Å²) in [7, 11) is 0. The van der Waals surface area contributed by atoms with Gasteiger partial charge in [-0.3, -0.25) is 0 Å². The van der Waals surface area contributed by atoms with E-state index in [1.54, 1.807) is 12.1 Å². The molecule has 2 N–H and O–H groups in total. The Bertz CT molecular complexity index is 712. The highest BCUT2D eigenvalue weighted by molar-refractivity contribution is 5.85. The second kappa shape index (κ2) is 5.37. The summed E-state index contributed by atoms with van der Waals surface area (Å²) in [4.78, 5) is 10.6. The van der Waals surface area contributed by atoms with Crippen molar-refractivity contribution in [1.82, 2.24) is 0 Å². The van der Waals surface area contributed by atoms with Crippen molar-refractivity contribution in [3.8, 4) is 11.5 Å². The van der Waals surface area contributed by atoms with Crippen LogP contribution in [0.3, 0.4) is 0 Å². The zero-order valence-corrected chi connectivity index (χ0v) is 12.4. The smallest absolute Gasteiger partial charge is 0.328 e. The van der Waals surface area contributed by atoms with E-state index < -0.39 is 5.97 Å². The number of hydrogen-bond acceptors (Lipinski definition) is 3. The van der Waals surface area contributed by atoms with Gasteiger partial charge >= 0.3 is 5.97 Å². The van der Waals surface area contributed by atoms with Crippen LogP contribution < -0.4 is 4.74 Å². The van der Waals surface area contributed by atoms with Crippen molar-refractivity contribution in [2.24, 2.45) is 5.92 Å². The van der Waals surface area contributed by atoms with Crippen LogP contribution in [-0.4, -0.2) is 16.2 Å². The molecular formula is C18H18O4. The summed E-state index contributed by atoms with van der Waals surface area (Å²) in [5, 5.41) is 19.1. The first-order valence-corrected chi connectivity index (χ1v) is 7.27. The van der Waals surface area contributed by atoms with Gasteiger partial charge in [-0.15, -0.1) is 0 Å². The zero-order chi connectivity index (χ0) is 15.9. The van der Waals surface area contributed by atoms with Gasteiger partial charge in [0.05, 0.1) is 0 Å². The summed E-state index contributed by atoms with van der Waals surface area (Å²) in [6.07, 6.45) is 6.62. The molecule has 1 aliphatic heterocycles. The molecule has 0 bridgehead atoms. The minimum absolute atomic E-state index is 0.0718. The van der Waals surface area contributed by atoms with E-state index in [-0.39, 0.29) is 17.6 Å². The maximum absolute atomic E-state index is 10.6. The van der Waals surface area contributed by atoms with Crippen molar-refractivity contribution in [2.45, 2.75) is 25.7 Å². The number of fused-ring (bicyclic) bond motifs is 3. The number of carboxylic acid groups (broad SMARTS) is 1. The lowest BCUT2D eigenvalue weighted by Crippen LogP contribution is -2.25. The number of aromatic hydroxyl groups is 1. The lowest BCUT2D eigenvalue weighted by Gasteiger charge is -2.36. The molecule has 0 spiro atoms. The Morgan fingerprint density at radius 1 is 1.45 bits per heavy atom. The molecule has 0 amide bonds. The number of carboxylic acids is 1. The van der Waals surface area contributed by atoms with Crippen LogP contribution in [0.25, 0.3) is 6.08 Å². The summed E-state index contributed by atoms with van der Waals surface area (Å²) >= 11 is 0. The number of rotatable bonds is 2. The van der Waals surface area contributed by atoms with Crippen LogP contribution in [0.2, 0.25) is 0 Å². The molecule has 3 rings (SSSR count).